The van der Waals surface area contributed by atoms with Gasteiger partial charge in [-0.05, 0) is 25.3 Å². The van der Waals surface area contributed by atoms with Crippen molar-refractivity contribution in [3.63, 3.8) is 0 Å². The van der Waals surface area contributed by atoms with Crippen molar-refractivity contribution in [3.05, 3.63) is 33.9 Å². The van der Waals surface area contributed by atoms with Gasteiger partial charge in [0.25, 0.3) is 0 Å². The predicted octanol–water partition coefficient (Wildman–Crippen LogP) is 3.46. The number of hydrogen-bond acceptors (Lipinski definition) is 4. The van der Waals surface area contributed by atoms with Crippen molar-refractivity contribution in [1.82, 2.24) is 0 Å². The largest absolute Gasteiger partial charge is 0.484 e. The van der Waals surface area contributed by atoms with Gasteiger partial charge in [-0.25, -0.2) is 4.39 Å². The first-order chi connectivity index (χ1) is 10.0. The van der Waals surface area contributed by atoms with Crippen molar-refractivity contribution in [2.24, 2.45) is 5.92 Å². The second kappa shape index (κ2) is 6.80. The van der Waals surface area contributed by atoms with E-state index in [0.29, 0.717) is 12.7 Å². The Bertz CT molecular complexity index is 518. The molecule has 0 amide bonds. The van der Waals surface area contributed by atoms with Crippen LogP contribution in [0.5, 0.6) is 5.75 Å². The highest BCUT2D eigenvalue weighted by Crippen LogP contribution is 2.32. The van der Waals surface area contributed by atoms with Gasteiger partial charge >= 0.3 is 5.69 Å². The summed E-state index contributed by atoms with van der Waals surface area (Å²) in [5.41, 5.74) is -0.578. The zero-order valence-electron chi connectivity index (χ0n) is 11.7. The van der Waals surface area contributed by atoms with Crippen molar-refractivity contribution < 1.29 is 23.2 Å². The van der Waals surface area contributed by atoms with Crippen LogP contribution in [-0.2, 0) is 4.74 Å². The summed E-state index contributed by atoms with van der Waals surface area (Å²) in [6.07, 6.45) is 2.91. The number of halogens is 2. The standard InChI is InChI=1S/C14H17F2NO4/c1-9(12-4-2-3-7-20-12)8-21-14-11(17(18)19)6-5-10(15)13(14)16/h5-6,9,12H,2-4,7-8H2,1H3/t9-,12?/m1/s1. The van der Waals surface area contributed by atoms with E-state index in [4.69, 9.17) is 9.47 Å². The number of benzene rings is 1. The minimum atomic E-state index is -1.33. The zero-order chi connectivity index (χ0) is 15.4. The fourth-order valence-corrected chi connectivity index (χ4v) is 2.34. The van der Waals surface area contributed by atoms with Crippen molar-refractivity contribution >= 4 is 5.69 Å². The van der Waals surface area contributed by atoms with Crippen LogP contribution in [-0.4, -0.2) is 24.2 Å². The average Bonchev–Trinajstić information content (AvgIpc) is 2.49. The third-order valence-electron chi connectivity index (χ3n) is 3.57. The zero-order valence-corrected chi connectivity index (χ0v) is 11.7. The molecule has 0 bridgehead atoms. The first kappa shape index (κ1) is 15.6. The van der Waals surface area contributed by atoms with Crippen LogP contribution in [0.2, 0.25) is 0 Å². The highest BCUT2D eigenvalue weighted by Gasteiger charge is 2.26. The van der Waals surface area contributed by atoms with Gasteiger partial charge in [-0.2, -0.15) is 4.39 Å². The molecule has 1 aromatic carbocycles. The molecule has 1 heterocycles. The van der Waals surface area contributed by atoms with Crippen LogP contribution in [0.3, 0.4) is 0 Å². The highest BCUT2D eigenvalue weighted by atomic mass is 19.2. The molecular weight excluding hydrogens is 284 g/mol. The number of nitrogens with zero attached hydrogens (tertiary/aromatic N) is 1. The lowest BCUT2D eigenvalue weighted by molar-refractivity contribution is -0.386. The number of nitro benzene ring substituents is 1. The monoisotopic (exact) mass is 301 g/mol. The molecule has 1 unspecified atom stereocenters. The summed E-state index contributed by atoms with van der Waals surface area (Å²) in [5, 5.41) is 10.8. The fraction of sp³-hybridized carbons (Fsp3) is 0.571. The van der Waals surface area contributed by atoms with Crippen LogP contribution in [0, 0.1) is 27.7 Å². The van der Waals surface area contributed by atoms with Crippen LogP contribution in [0.25, 0.3) is 0 Å². The Hall–Kier alpha value is -1.76. The second-order valence-electron chi connectivity index (χ2n) is 5.16. The minimum absolute atomic E-state index is 0.0190. The SMILES string of the molecule is C[C@H](COc1c([N+](=O)[O-])ccc(F)c1F)C1CCCCO1. The van der Waals surface area contributed by atoms with E-state index < -0.39 is 28.0 Å². The van der Waals surface area contributed by atoms with Crippen molar-refractivity contribution in [1.29, 1.82) is 0 Å². The van der Waals surface area contributed by atoms with Gasteiger partial charge in [-0.1, -0.05) is 6.92 Å². The van der Waals surface area contributed by atoms with Gasteiger partial charge in [0.1, 0.15) is 0 Å². The molecule has 2 atom stereocenters. The van der Waals surface area contributed by atoms with E-state index in [2.05, 4.69) is 0 Å². The molecule has 1 aliphatic rings. The molecule has 0 N–H and O–H groups in total. The maximum absolute atomic E-state index is 13.7. The van der Waals surface area contributed by atoms with Gasteiger partial charge in [-0.15, -0.1) is 0 Å². The molecule has 0 aliphatic carbocycles. The molecule has 2 rings (SSSR count). The van der Waals surface area contributed by atoms with Crippen LogP contribution in [0.1, 0.15) is 26.2 Å². The third kappa shape index (κ3) is 3.66. The average molecular weight is 301 g/mol. The van der Waals surface area contributed by atoms with Crippen LogP contribution in [0.4, 0.5) is 14.5 Å². The summed E-state index contributed by atoms with van der Waals surface area (Å²) < 4.78 is 37.6. The van der Waals surface area contributed by atoms with Gasteiger partial charge in [0, 0.05) is 18.6 Å². The Morgan fingerprint density at radius 2 is 2.24 bits per heavy atom. The lowest BCUT2D eigenvalue weighted by Gasteiger charge is -2.27. The quantitative estimate of drug-likeness (QED) is 0.617. The normalized spacial score (nSPS) is 20.0. The van der Waals surface area contributed by atoms with E-state index in [0.717, 1.165) is 25.3 Å². The Labute approximate surface area is 121 Å². The molecule has 21 heavy (non-hydrogen) atoms. The summed E-state index contributed by atoms with van der Waals surface area (Å²) in [7, 11) is 0. The summed E-state index contributed by atoms with van der Waals surface area (Å²) in [4.78, 5) is 10.1. The maximum Gasteiger partial charge on any atom is 0.314 e. The first-order valence-corrected chi connectivity index (χ1v) is 6.87. The molecule has 0 saturated carbocycles. The molecule has 0 spiro atoms. The number of rotatable bonds is 5. The van der Waals surface area contributed by atoms with E-state index >= 15 is 0 Å². The first-order valence-electron chi connectivity index (χ1n) is 6.87. The molecule has 5 nitrogen and oxygen atoms in total. The molecule has 1 aromatic rings. The topological polar surface area (TPSA) is 61.6 Å². The molecular formula is C14H17F2NO4. The van der Waals surface area contributed by atoms with E-state index in [9.17, 15) is 18.9 Å². The Morgan fingerprint density at radius 1 is 1.48 bits per heavy atom. The lowest BCUT2D eigenvalue weighted by Crippen LogP contribution is -2.30. The van der Waals surface area contributed by atoms with E-state index in [1.54, 1.807) is 0 Å². The molecule has 0 aromatic heterocycles. The highest BCUT2D eigenvalue weighted by molar-refractivity contribution is 5.47. The van der Waals surface area contributed by atoms with Crippen LogP contribution >= 0.6 is 0 Å². The Morgan fingerprint density at radius 3 is 2.86 bits per heavy atom. The van der Waals surface area contributed by atoms with Crippen LogP contribution in [0.15, 0.2) is 12.1 Å². The summed E-state index contributed by atoms with van der Waals surface area (Å²) in [5.74, 6) is -3.21. The van der Waals surface area contributed by atoms with E-state index in [1.807, 2.05) is 6.92 Å². The minimum Gasteiger partial charge on any atom is -0.484 e. The van der Waals surface area contributed by atoms with Gasteiger partial charge < -0.3 is 9.47 Å². The lowest BCUT2D eigenvalue weighted by atomic mass is 9.98. The molecule has 116 valence electrons. The third-order valence-corrected chi connectivity index (χ3v) is 3.57. The summed E-state index contributed by atoms with van der Waals surface area (Å²) in [6, 6.07) is 1.61. The molecule has 1 aliphatic heterocycles. The smallest absolute Gasteiger partial charge is 0.314 e. The second-order valence-corrected chi connectivity index (χ2v) is 5.16. The predicted molar refractivity (Wildman–Crippen MR) is 71.3 cm³/mol. The number of nitro groups is 1. The Kier molecular flexibility index (Phi) is 5.06. The van der Waals surface area contributed by atoms with Gasteiger partial charge in [0.05, 0.1) is 17.6 Å². The van der Waals surface area contributed by atoms with Gasteiger partial charge in [-0.3, -0.25) is 10.1 Å². The van der Waals surface area contributed by atoms with Gasteiger partial charge in [0.2, 0.25) is 11.6 Å². The molecule has 1 saturated heterocycles. The molecule has 7 heteroatoms. The molecule has 0 radical (unpaired) electrons. The number of ether oxygens (including phenoxy) is 2. The Balaban J connectivity index is 2.08. The van der Waals surface area contributed by atoms with Crippen molar-refractivity contribution in [2.75, 3.05) is 13.2 Å². The van der Waals surface area contributed by atoms with E-state index in [1.165, 1.54) is 0 Å². The van der Waals surface area contributed by atoms with Crippen molar-refractivity contribution in [3.8, 4) is 5.75 Å². The van der Waals surface area contributed by atoms with E-state index in [-0.39, 0.29) is 18.6 Å². The number of hydrogen-bond donors (Lipinski definition) is 0. The van der Waals surface area contributed by atoms with Crippen LogP contribution < -0.4 is 4.74 Å². The van der Waals surface area contributed by atoms with Gasteiger partial charge in [0.15, 0.2) is 5.82 Å². The fourth-order valence-electron chi connectivity index (χ4n) is 2.34. The van der Waals surface area contributed by atoms with Crippen molar-refractivity contribution in [2.45, 2.75) is 32.3 Å². The summed E-state index contributed by atoms with van der Waals surface area (Å²) >= 11 is 0. The summed E-state index contributed by atoms with van der Waals surface area (Å²) in [6.45, 7) is 2.56. The molecule has 1 fully saturated rings. The maximum atomic E-state index is 13.7.